The van der Waals surface area contributed by atoms with Crippen LogP contribution >= 0.6 is 0 Å². The SMILES string of the molecule is Cc1ncccc1C(N)C(C)(C)C. The molecule has 0 bridgehead atoms. The summed E-state index contributed by atoms with van der Waals surface area (Å²) in [6.07, 6.45) is 1.80. The average Bonchev–Trinajstić information content (AvgIpc) is 2.02. The standard InChI is InChI=1S/C11H18N2/c1-8-9(6-5-7-13-8)10(12)11(2,3)4/h5-7,10H,12H2,1-4H3. The van der Waals surface area contributed by atoms with Gasteiger partial charge in [0.25, 0.3) is 0 Å². The van der Waals surface area contributed by atoms with Crippen molar-refractivity contribution in [1.82, 2.24) is 4.98 Å². The first-order valence-corrected chi connectivity index (χ1v) is 4.60. The predicted molar refractivity (Wildman–Crippen MR) is 55.4 cm³/mol. The summed E-state index contributed by atoms with van der Waals surface area (Å²) in [6, 6.07) is 4.05. The number of rotatable bonds is 1. The van der Waals surface area contributed by atoms with Crippen LogP contribution in [0.2, 0.25) is 0 Å². The average molecular weight is 178 g/mol. The van der Waals surface area contributed by atoms with Crippen LogP contribution in [0, 0.1) is 12.3 Å². The summed E-state index contributed by atoms with van der Waals surface area (Å²) in [4.78, 5) is 4.23. The molecule has 0 saturated carbocycles. The summed E-state index contributed by atoms with van der Waals surface area (Å²) in [5.41, 5.74) is 8.40. The number of pyridine rings is 1. The number of hydrogen-bond donors (Lipinski definition) is 1. The molecular weight excluding hydrogens is 160 g/mol. The van der Waals surface area contributed by atoms with Crippen molar-refractivity contribution in [2.75, 3.05) is 0 Å². The van der Waals surface area contributed by atoms with Crippen LogP contribution in [0.4, 0.5) is 0 Å². The van der Waals surface area contributed by atoms with Crippen molar-refractivity contribution in [2.45, 2.75) is 33.7 Å². The molecule has 2 heteroatoms. The summed E-state index contributed by atoms with van der Waals surface area (Å²) >= 11 is 0. The van der Waals surface area contributed by atoms with E-state index in [0.29, 0.717) is 0 Å². The first-order chi connectivity index (χ1) is 5.93. The quantitative estimate of drug-likeness (QED) is 0.717. The number of aromatic nitrogens is 1. The number of nitrogens with two attached hydrogens (primary N) is 1. The van der Waals surface area contributed by atoms with E-state index < -0.39 is 0 Å². The Morgan fingerprint density at radius 1 is 1.38 bits per heavy atom. The first kappa shape index (κ1) is 10.2. The molecule has 1 unspecified atom stereocenters. The molecule has 2 N–H and O–H groups in total. The lowest BCUT2D eigenvalue weighted by Gasteiger charge is -2.28. The molecular formula is C11H18N2. The van der Waals surface area contributed by atoms with Crippen LogP contribution in [0.15, 0.2) is 18.3 Å². The second-order valence-electron chi connectivity index (χ2n) is 4.52. The molecule has 13 heavy (non-hydrogen) atoms. The molecule has 1 rings (SSSR count). The topological polar surface area (TPSA) is 38.9 Å². The lowest BCUT2D eigenvalue weighted by molar-refractivity contribution is 0.325. The Morgan fingerprint density at radius 2 is 2.00 bits per heavy atom. The highest BCUT2D eigenvalue weighted by Crippen LogP contribution is 2.31. The summed E-state index contributed by atoms with van der Waals surface area (Å²) in [7, 11) is 0. The molecule has 1 atom stereocenters. The fourth-order valence-corrected chi connectivity index (χ4v) is 1.29. The van der Waals surface area contributed by atoms with Crippen molar-refractivity contribution in [3.05, 3.63) is 29.6 Å². The zero-order valence-corrected chi connectivity index (χ0v) is 8.83. The maximum Gasteiger partial charge on any atom is 0.0420 e. The summed E-state index contributed by atoms with van der Waals surface area (Å²) in [5, 5.41) is 0. The minimum Gasteiger partial charge on any atom is -0.323 e. The van der Waals surface area contributed by atoms with Crippen molar-refractivity contribution in [2.24, 2.45) is 11.1 Å². The Labute approximate surface area is 80.2 Å². The van der Waals surface area contributed by atoms with E-state index in [-0.39, 0.29) is 11.5 Å². The first-order valence-electron chi connectivity index (χ1n) is 4.60. The highest BCUT2D eigenvalue weighted by atomic mass is 14.7. The lowest BCUT2D eigenvalue weighted by atomic mass is 9.82. The molecule has 0 aliphatic heterocycles. The predicted octanol–water partition coefficient (Wildman–Crippen LogP) is 2.44. The highest BCUT2D eigenvalue weighted by molar-refractivity contribution is 5.23. The molecule has 0 aliphatic carbocycles. The van der Waals surface area contributed by atoms with Crippen molar-refractivity contribution in [3.8, 4) is 0 Å². The van der Waals surface area contributed by atoms with Gasteiger partial charge in [-0.1, -0.05) is 26.8 Å². The van der Waals surface area contributed by atoms with E-state index in [1.54, 1.807) is 6.20 Å². The molecule has 1 aromatic heterocycles. The Balaban J connectivity index is 3.02. The molecule has 0 amide bonds. The molecule has 1 aromatic rings. The third-order valence-corrected chi connectivity index (χ3v) is 2.32. The summed E-state index contributed by atoms with van der Waals surface area (Å²) in [5.74, 6) is 0. The maximum atomic E-state index is 6.13. The molecule has 0 aliphatic rings. The van der Waals surface area contributed by atoms with Crippen molar-refractivity contribution < 1.29 is 0 Å². The van der Waals surface area contributed by atoms with Gasteiger partial charge in [0.05, 0.1) is 0 Å². The van der Waals surface area contributed by atoms with E-state index in [0.717, 1.165) is 11.3 Å². The van der Waals surface area contributed by atoms with Crippen molar-refractivity contribution in [3.63, 3.8) is 0 Å². The van der Waals surface area contributed by atoms with Gasteiger partial charge in [0.15, 0.2) is 0 Å². The highest BCUT2D eigenvalue weighted by Gasteiger charge is 2.23. The summed E-state index contributed by atoms with van der Waals surface area (Å²) in [6.45, 7) is 8.43. The van der Waals surface area contributed by atoms with E-state index in [1.807, 2.05) is 13.0 Å². The Bertz CT molecular complexity index is 286. The second-order valence-corrected chi connectivity index (χ2v) is 4.52. The van der Waals surface area contributed by atoms with Gasteiger partial charge >= 0.3 is 0 Å². The third kappa shape index (κ3) is 2.28. The fourth-order valence-electron chi connectivity index (χ4n) is 1.29. The number of nitrogens with zero attached hydrogens (tertiary/aromatic N) is 1. The third-order valence-electron chi connectivity index (χ3n) is 2.32. The van der Waals surface area contributed by atoms with Crippen LogP contribution in [0.1, 0.15) is 38.1 Å². The van der Waals surface area contributed by atoms with Crippen LogP contribution < -0.4 is 5.73 Å². The number of hydrogen-bond acceptors (Lipinski definition) is 2. The molecule has 0 saturated heterocycles. The normalized spacial score (nSPS) is 14.2. The molecule has 0 fully saturated rings. The minimum atomic E-state index is 0.0567. The van der Waals surface area contributed by atoms with Gasteiger partial charge < -0.3 is 5.73 Å². The van der Waals surface area contributed by atoms with Crippen LogP contribution in [0.3, 0.4) is 0 Å². The van der Waals surface area contributed by atoms with Gasteiger partial charge in [-0.15, -0.1) is 0 Å². The van der Waals surface area contributed by atoms with E-state index in [4.69, 9.17) is 5.73 Å². The molecule has 2 nitrogen and oxygen atoms in total. The van der Waals surface area contributed by atoms with Gasteiger partial charge in [0, 0.05) is 17.9 Å². The zero-order chi connectivity index (χ0) is 10.1. The Kier molecular flexibility index (Phi) is 2.71. The van der Waals surface area contributed by atoms with Gasteiger partial charge in [-0.3, -0.25) is 4.98 Å². The number of aryl methyl sites for hydroxylation is 1. The minimum absolute atomic E-state index is 0.0567. The molecule has 1 heterocycles. The Hall–Kier alpha value is -0.890. The fraction of sp³-hybridized carbons (Fsp3) is 0.545. The van der Waals surface area contributed by atoms with E-state index >= 15 is 0 Å². The van der Waals surface area contributed by atoms with Gasteiger partial charge in [-0.05, 0) is 24.0 Å². The van der Waals surface area contributed by atoms with Crippen molar-refractivity contribution in [1.29, 1.82) is 0 Å². The maximum absolute atomic E-state index is 6.13. The van der Waals surface area contributed by atoms with Crippen LogP contribution in [-0.4, -0.2) is 4.98 Å². The summed E-state index contributed by atoms with van der Waals surface area (Å²) < 4.78 is 0. The largest absolute Gasteiger partial charge is 0.323 e. The Morgan fingerprint density at radius 3 is 2.46 bits per heavy atom. The molecule has 72 valence electrons. The van der Waals surface area contributed by atoms with Gasteiger partial charge in [-0.25, -0.2) is 0 Å². The second kappa shape index (κ2) is 3.46. The smallest absolute Gasteiger partial charge is 0.0420 e. The van der Waals surface area contributed by atoms with Crippen LogP contribution in [0.25, 0.3) is 0 Å². The van der Waals surface area contributed by atoms with Crippen LogP contribution in [0.5, 0.6) is 0 Å². The van der Waals surface area contributed by atoms with Gasteiger partial charge in [0.2, 0.25) is 0 Å². The van der Waals surface area contributed by atoms with Crippen molar-refractivity contribution >= 4 is 0 Å². The molecule has 0 spiro atoms. The van der Waals surface area contributed by atoms with Gasteiger partial charge in [0.1, 0.15) is 0 Å². The lowest BCUT2D eigenvalue weighted by Crippen LogP contribution is -2.27. The van der Waals surface area contributed by atoms with Gasteiger partial charge in [-0.2, -0.15) is 0 Å². The van der Waals surface area contributed by atoms with E-state index in [2.05, 4.69) is 31.8 Å². The van der Waals surface area contributed by atoms with E-state index in [1.165, 1.54) is 0 Å². The zero-order valence-electron chi connectivity index (χ0n) is 8.83. The van der Waals surface area contributed by atoms with E-state index in [9.17, 15) is 0 Å². The van der Waals surface area contributed by atoms with Crippen LogP contribution in [-0.2, 0) is 0 Å². The monoisotopic (exact) mass is 178 g/mol. The molecule has 0 aromatic carbocycles. The molecule has 0 radical (unpaired) electrons.